The number of carbonyl (C=O) groups excluding carboxylic acids is 2. The van der Waals surface area contributed by atoms with Crippen LogP contribution in [0.15, 0.2) is 36.4 Å². The zero-order chi connectivity index (χ0) is 36.8. The summed E-state index contributed by atoms with van der Waals surface area (Å²) < 4.78 is 81.7. The molecule has 0 bridgehead atoms. The van der Waals surface area contributed by atoms with Crippen molar-refractivity contribution in [2.75, 3.05) is 28.6 Å². The van der Waals surface area contributed by atoms with Crippen molar-refractivity contribution in [3.8, 4) is 0 Å². The van der Waals surface area contributed by atoms with E-state index < -0.39 is 41.1 Å². The van der Waals surface area contributed by atoms with Crippen LogP contribution in [0.2, 0.25) is 10.0 Å². The van der Waals surface area contributed by atoms with Crippen molar-refractivity contribution in [2.24, 2.45) is 18.4 Å². The van der Waals surface area contributed by atoms with Gasteiger partial charge < -0.3 is 20.9 Å². The molecule has 2 amide bonds. The van der Waals surface area contributed by atoms with Crippen LogP contribution < -0.4 is 20.9 Å². The molecule has 1 saturated heterocycles. The number of carbonyl (C=O) groups is 2. The van der Waals surface area contributed by atoms with E-state index in [1.165, 1.54) is 21.6 Å². The lowest BCUT2D eigenvalue weighted by Crippen LogP contribution is -2.40. The molecular formula is C32H32Cl2F6N8O2. The Labute approximate surface area is 292 Å². The number of aromatic nitrogens is 4. The van der Waals surface area contributed by atoms with Crippen LogP contribution in [0.3, 0.4) is 0 Å². The average Bonchev–Trinajstić information content (AvgIpc) is 3.34. The number of amides is 2. The van der Waals surface area contributed by atoms with Gasteiger partial charge in [0, 0.05) is 32.1 Å². The third kappa shape index (κ3) is 8.01. The maximum absolute atomic E-state index is 13.6. The minimum atomic E-state index is -4.77. The van der Waals surface area contributed by atoms with Gasteiger partial charge in [-0.25, -0.2) is 15.0 Å². The second kappa shape index (κ2) is 13.8. The van der Waals surface area contributed by atoms with Crippen molar-refractivity contribution >= 4 is 69.5 Å². The predicted octanol–water partition coefficient (Wildman–Crippen LogP) is 8.13. The number of hydrogen-bond donors (Lipinski definition) is 3. The summed E-state index contributed by atoms with van der Waals surface area (Å²) in [7, 11) is 1.60. The van der Waals surface area contributed by atoms with E-state index >= 15 is 0 Å². The largest absolute Gasteiger partial charge is 0.433 e. The molecule has 0 radical (unpaired) electrons. The number of pyridine rings is 2. The molecular weight excluding hydrogens is 713 g/mol. The summed E-state index contributed by atoms with van der Waals surface area (Å²) in [4.78, 5) is 40.2. The van der Waals surface area contributed by atoms with Gasteiger partial charge in [0.05, 0.1) is 27.2 Å². The number of halogens is 8. The lowest BCUT2D eigenvalue weighted by molar-refractivity contribution is -0.179. The van der Waals surface area contributed by atoms with Gasteiger partial charge >= 0.3 is 12.4 Å². The van der Waals surface area contributed by atoms with Gasteiger partial charge in [0.25, 0.3) is 5.91 Å². The molecule has 1 aliphatic heterocycles. The monoisotopic (exact) mass is 744 g/mol. The summed E-state index contributed by atoms with van der Waals surface area (Å²) in [5.41, 5.74) is -0.776. The lowest BCUT2D eigenvalue weighted by atomic mass is 9.95. The number of alkyl halides is 6. The average molecular weight is 746 g/mol. The number of benzene rings is 1. The first-order chi connectivity index (χ1) is 23.2. The third-order valence-electron chi connectivity index (χ3n) is 8.14. The fourth-order valence-corrected chi connectivity index (χ4v) is 5.82. The number of piperidine rings is 1. The first-order valence-corrected chi connectivity index (χ1v) is 16.1. The Hall–Kier alpha value is -4.31. The molecule has 5 rings (SSSR count). The minimum absolute atomic E-state index is 0.0183. The highest BCUT2D eigenvalue weighted by Crippen LogP contribution is 2.38. The molecule has 268 valence electrons. The van der Waals surface area contributed by atoms with Crippen molar-refractivity contribution in [3.05, 3.63) is 63.3 Å². The molecule has 4 heterocycles. The van der Waals surface area contributed by atoms with Gasteiger partial charge in [0.15, 0.2) is 5.65 Å². The van der Waals surface area contributed by atoms with Gasteiger partial charge in [-0.1, -0.05) is 56.1 Å². The molecule has 0 atom stereocenters. The van der Waals surface area contributed by atoms with E-state index in [1.807, 2.05) is 0 Å². The van der Waals surface area contributed by atoms with E-state index in [9.17, 15) is 35.9 Å². The molecule has 0 spiro atoms. The van der Waals surface area contributed by atoms with E-state index in [1.54, 1.807) is 40.0 Å². The molecule has 50 heavy (non-hydrogen) atoms. The van der Waals surface area contributed by atoms with Gasteiger partial charge in [-0.2, -0.15) is 26.3 Å². The number of fused-ring (bicyclic) bond motifs is 1. The molecule has 18 heteroatoms. The van der Waals surface area contributed by atoms with Crippen LogP contribution >= 0.6 is 23.2 Å². The van der Waals surface area contributed by atoms with Crippen LogP contribution in [-0.4, -0.2) is 50.6 Å². The predicted molar refractivity (Wildman–Crippen MR) is 178 cm³/mol. The third-order valence-corrected chi connectivity index (χ3v) is 8.88. The zero-order valence-corrected chi connectivity index (χ0v) is 28.7. The molecule has 3 aromatic heterocycles. The summed E-state index contributed by atoms with van der Waals surface area (Å²) in [5.74, 6) is -2.82. The molecule has 10 nitrogen and oxygen atoms in total. The number of rotatable bonds is 7. The Morgan fingerprint density at radius 3 is 2.26 bits per heavy atom. The molecule has 1 aromatic carbocycles. The van der Waals surface area contributed by atoms with E-state index in [0.29, 0.717) is 5.56 Å². The van der Waals surface area contributed by atoms with Gasteiger partial charge in [0.2, 0.25) is 11.9 Å². The van der Waals surface area contributed by atoms with Crippen LogP contribution in [0, 0.1) is 11.3 Å². The highest BCUT2D eigenvalue weighted by molar-refractivity contribution is 6.39. The van der Waals surface area contributed by atoms with E-state index in [2.05, 4.69) is 30.9 Å². The lowest BCUT2D eigenvalue weighted by Gasteiger charge is -2.34. The zero-order valence-electron chi connectivity index (χ0n) is 27.2. The maximum atomic E-state index is 13.6. The van der Waals surface area contributed by atoms with Crippen LogP contribution in [-0.2, 0) is 24.6 Å². The van der Waals surface area contributed by atoms with Crippen molar-refractivity contribution in [2.45, 2.75) is 52.5 Å². The van der Waals surface area contributed by atoms with Crippen molar-refractivity contribution in [1.29, 1.82) is 0 Å². The first-order valence-electron chi connectivity index (χ1n) is 15.3. The molecule has 4 aromatic rings. The Morgan fingerprint density at radius 2 is 1.64 bits per heavy atom. The number of nitrogens with one attached hydrogen (secondary N) is 3. The summed E-state index contributed by atoms with van der Waals surface area (Å²) in [6.07, 6.45) is -9.65. The number of nitrogens with zero attached hydrogens (tertiary/aromatic N) is 5. The number of imidazole rings is 1. The SMILES string of the molecule is Cn1c(Nc2c(Cl)ccc(CNC(=O)C(C)(C)C)c2Cl)nc2cc(C(=O)Nc3cccc(C(F)(F)F)n3)c(N3CCC(C(F)(F)F)CC3)nc21. The smallest absolute Gasteiger partial charge is 0.356 e. The summed E-state index contributed by atoms with van der Waals surface area (Å²) in [6.45, 7) is 5.25. The second-order valence-corrected chi connectivity index (χ2v) is 13.6. The summed E-state index contributed by atoms with van der Waals surface area (Å²) >= 11 is 13.2. The van der Waals surface area contributed by atoms with Crippen LogP contribution in [0.1, 0.15) is 55.2 Å². The highest BCUT2D eigenvalue weighted by Gasteiger charge is 2.42. The molecule has 0 aliphatic carbocycles. The van der Waals surface area contributed by atoms with Gasteiger partial charge in [0.1, 0.15) is 22.8 Å². The van der Waals surface area contributed by atoms with Crippen molar-refractivity contribution in [1.82, 2.24) is 24.8 Å². The van der Waals surface area contributed by atoms with Gasteiger partial charge in [-0.3, -0.25) is 14.2 Å². The summed E-state index contributed by atoms with van der Waals surface area (Å²) in [6, 6.07) is 7.60. The van der Waals surface area contributed by atoms with Gasteiger partial charge in [-0.15, -0.1) is 0 Å². The van der Waals surface area contributed by atoms with Crippen LogP contribution in [0.4, 0.5) is 49.6 Å². The molecule has 1 fully saturated rings. The number of anilines is 4. The number of aryl methyl sites for hydroxylation is 1. The topological polar surface area (TPSA) is 117 Å². The first kappa shape index (κ1) is 37.0. The number of hydrogen-bond acceptors (Lipinski definition) is 7. The van der Waals surface area contributed by atoms with E-state index in [0.717, 1.165) is 12.1 Å². The molecule has 0 saturated carbocycles. The molecule has 0 unspecified atom stereocenters. The highest BCUT2D eigenvalue weighted by atomic mass is 35.5. The standard InChI is InChI=1S/C32H32Cl2F6N8O2/c1-30(2,3)28(50)41-15-16-8-9-19(33)24(23(16)34)45-29-42-20-14-18(27(49)44-22-7-5-6-21(43-22)32(38,39)40)25(46-26(20)47(29)4)48-12-10-17(11-13-48)31(35,36)37/h5-9,14,17H,10-13,15H2,1-4H3,(H,41,50)(H,42,45)(H,43,44,49). The normalized spacial score (nSPS) is 14.6. The van der Waals surface area contributed by atoms with Crippen LogP contribution in [0.5, 0.6) is 0 Å². The summed E-state index contributed by atoms with van der Waals surface area (Å²) in [5, 5.41) is 8.67. The quantitative estimate of drug-likeness (QED) is 0.164. The van der Waals surface area contributed by atoms with Crippen molar-refractivity contribution in [3.63, 3.8) is 0 Å². The van der Waals surface area contributed by atoms with Gasteiger partial charge in [-0.05, 0) is 42.7 Å². The maximum Gasteiger partial charge on any atom is 0.433 e. The van der Waals surface area contributed by atoms with Crippen LogP contribution in [0.25, 0.3) is 11.2 Å². The Bertz CT molecular complexity index is 1930. The molecule has 3 N–H and O–H groups in total. The van der Waals surface area contributed by atoms with E-state index in [-0.39, 0.29) is 82.6 Å². The second-order valence-electron chi connectivity index (χ2n) is 12.8. The Kier molecular flexibility index (Phi) is 10.2. The van der Waals surface area contributed by atoms with Crippen molar-refractivity contribution < 1.29 is 35.9 Å². The fourth-order valence-electron chi connectivity index (χ4n) is 5.29. The van der Waals surface area contributed by atoms with E-state index in [4.69, 9.17) is 23.2 Å². The minimum Gasteiger partial charge on any atom is -0.356 e. The fraction of sp³-hybridized carbons (Fsp3) is 0.406. The Balaban J connectivity index is 1.51. The Morgan fingerprint density at radius 1 is 0.960 bits per heavy atom. The molecule has 1 aliphatic rings.